The lowest BCUT2D eigenvalue weighted by Crippen LogP contribution is -2.26. The zero-order valence-corrected chi connectivity index (χ0v) is 18.0. The van der Waals surface area contributed by atoms with E-state index in [4.69, 9.17) is 5.26 Å². The first kappa shape index (κ1) is 24.7. The van der Waals surface area contributed by atoms with Crippen molar-refractivity contribution in [1.82, 2.24) is 0 Å². The summed E-state index contributed by atoms with van der Waals surface area (Å²) in [7, 11) is 0. The van der Waals surface area contributed by atoms with Gasteiger partial charge >= 0.3 is 6.11 Å². The molecule has 3 rings (SSSR count). The van der Waals surface area contributed by atoms with Crippen LogP contribution in [0.25, 0.3) is 0 Å². The lowest BCUT2D eigenvalue weighted by molar-refractivity contribution is -0.189. The molecule has 1 aliphatic carbocycles. The third kappa shape index (κ3) is 5.70. The Labute approximate surface area is 188 Å². The predicted molar refractivity (Wildman–Crippen MR) is 111 cm³/mol. The molecule has 0 aromatic heterocycles. The van der Waals surface area contributed by atoms with Crippen LogP contribution in [0.1, 0.15) is 68.1 Å². The molecule has 0 saturated heterocycles. The third-order valence-corrected chi connectivity index (χ3v) is 6.02. The first-order valence-electron chi connectivity index (χ1n) is 10.7. The Morgan fingerprint density at radius 1 is 0.970 bits per heavy atom. The van der Waals surface area contributed by atoms with Crippen LogP contribution in [0.5, 0.6) is 5.75 Å². The van der Waals surface area contributed by atoms with Gasteiger partial charge in [-0.05, 0) is 75.0 Å². The number of hydrogen-bond donors (Lipinski definition) is 0. The first-order valence-corrected chi connectivity index (χ1v) is 10.7. The molecule has 2 aromatic carbocycles. The van der Waals surface area contributed by atoms with E-state index in [1.165, 1.54) is 6.07 Å². The molecule has 1 saturated carbocycles. The Kier molecular flexibility index (Phi) is 7.72. The minimum Gasteiger partial charge on any atom is -0.429 e. The van der Waals surface area contributed by atoms with E-state index in [9.17, 15) is 26.3 Å². The van der Waals surface area contributed by atoms with Gasteiger partial charge in [0.05, 0.1) is 0 Å². The van der Waals surface area contributed by atoms with E-state index in [-0.39, 0.29) is 5.92 Å². The van der Waals surface area contributed by atoms with Crippen molar-refractivity contribution in [2.75, 3.05) is 0 Å². The smallest absolute Gasteiger partial charge is 0.429 e. The van der Waals surface area contributed by atoms with Crippen molar-refractivity contribution in [3.8, 4) is 11.8 Å². The van der Waals surface area contributed by atoms with E-state index in [0.29, 0.717) is 36.5 Å². The highest BCUT2D eigenvalue weighted by atomic mass is 19.3. The standard InChI is InChI=1S/C25H23F6NO/c1-2-3-4-5-15-6-8-16(9-7-15)17-10-22(28)24(23(29)11-17)25(30,31)33-18-12-20(26)19(14-32)21(27)13-18/h2-3,10-13,15-16H,4-9H2,1H3/t15-,16-. The fourth-order valence-corrected chi connectivity index (χ4v) is 4.30. The van der Waals surface area contributed by atoms with Crippen LogP contribution in [0.2, 0.25) is 0 Å². The van der Waals surface area contributed by atoms with Crippen LogP contribution < -0.4 is 4.74 Å². The second-order valence-corrected chi connectivity index (χ2v) is 8.22. The maximum Gasteiger partial charge on any atom is 0.432 e. The van der Waals surface area contributed by atoms with Crippen LogP contribution in [0.3, 0.4) is 0 Å². The topological polar surface area (TPSA) is 33.0 Å². The molecule has 0 unspecified atom stereocenters. The van der Waals surface area contributed by atoms with E-state index < -0.39 is 46.3 Å². The number of hydrogen-bond acceptors (Lipinski definition) is 2. The molecule has 0 bridgehead atoms. The van der Waals surface area contributed by atoms with E-state index in [1.807, 2.05) is 13.0 Å². The van der Waals surface area contributed by atoms with Crippen LogP contribution in [0.4, 0.5) is 26.3 Å². The van der Waals surface area contributed by atoms with E-state index >= 15 is 0 Å². The van der Waals surface area contributed by atoms with Crippen molar-refractivity contribution in [2.24, 2.45) is 5.92 Å². The van der Waals surface area contributed by atoms with Gasteiger partial charge in [-0.2, -0.15) is 14.0 Å². The summed E-state index contributed by atoms with van der Waals surface area (Å²) in [5.41, 5.74) is -2.33. The lowest BCUT2D eigenvalue weighted by Gasteiger charge is -2.29. The average molecular weight is 467 g/mol. The van der Waals surface area contributed by atoms with Gasteiger partial charge in [0.15, 0.2) is 0 Å². The van der Waals surface area contributed by atoms with Crippen LogP contribution in [0.15, 0.2) is 36.4 Å². The highest BCUT2D eigenvalue weighted by Crippen LogP contribution is 2.41. The molecule has 8 heteroatoms. The first-order chi connectivity index (χ1) is 15.7. The summed E-state index contributed by atoms with van der Waals surface area (Å²) in [5, 5.41) is 8.65. The molecular weight excluding hydrogens is 444 g/mol. The van der Waals surface area contributed by atoms with Crippen molar-refractivity contribution in [2.45, 2.75) is 57.5 Å². The van der Waals surface area contributed by atoms with Crippen LogP contribution in [-0.4, -0.2) is 0 Å². The molecular formula is C25H23F6NO. The molecule has 2 nitrogen and oxygen atoms in total. The fraction of sp³-hybridized carbons (Fsp3) is 0.400. The van der Waals surface area contributed by atoms with Crippen molar-refractivity contribution in [3.63, 3.8) is 0 Å². The van der Waals surface area contributed by atoms with Gasteiger partial charge in [0, 0.05) is 12.1 Å². The molecule has 176 valence electrons. The van der Waals surface area contributed by atoms with Crippen LogP contribution in [-0.2, 0) is 6.11 Å². The molecule has 1 aliphatic rings. The van der Waals surface area contributed by atoms with Gasteiger partial charge in [-0.3, -0.25) is 0 Å². The number of rotatable bonds is 7. The summed E-state index contributed by atoms with van der Waals surface area (Å²) in [4.78, 5) is 0. The molecule has 33 heavy (non-hydrogen) atoms. The lowest BCUT2D eigenvalue weighted by atomic mass is 9.77. The monoisotopic (exact) mass is 467 g/mol. The van der Waals surface area contributed by atoms with Crippen molar-refractivity contribution in [1.29, 1.82) is 5.26 Å². The highest BCUT2D eigenvalue weighted by Gasteiger charge is 2.42. The molecule has 0 aliphatic heterocycles. The summed E-state index contributed by atoms with van der Waals surface area (Å²) in [5.74, 6) is -6.48. The maximum absolute atomic E-state index is 14.6. The maximum atomic E-state index is 14.6. The van der Waals surface area contributed by atoms with E-state index in [0.717, 1.165) is 37.8 Å². The Balaban J connectivity index is 1.77. The minimum atomic E-state index is -4.54. The van der Waals surface area contributed by atoms with Crippen LogP contribution in [0, 0.1) is 40.5 Å². The van der Waals surface area contributed by atoms with E-state index in [2.05, 4.69) is 10.8 Å². The average Bonchev–Trinajstić information content (AvgIpc) is 2.73. The SMILES string of the molecule is CC=CCC[C@H]1CC[C@H](c2cc(F)c(C(F)(F)Oc3cc(F)c(C#N)c(F)c3)c(F)c2)CC1. The summed E-state index contributed by atoms with van der Waals surface area (Å²) in [6.45, 7) is 1.96. The van der Waals surface area contributed by atoms with Gasteiger partial charge in [0.2, 0.25) is 0 Å². The number of halogens is 6. The number of nitrogens with zero attached hydrogens (tertiary/aromatic N) is 1. The summed E-state index contributed by atoms with van der Waals surface area (Å²) >= 11 is 0. The molecule has 2 aromatic rings. The fourth-order valence-electron chi connectivity index (χ4n) is 4.30. The molecule has 0 atom stereocenters. The van der Waals surface area contributed by atoms with Gasteiger partial charge in [-0.1, -0.05) is 12.2 Å². The summed E-state index contributed by atoms with van der Waals surface area (Å²) in [6, 6.07) is 3.70. The van der Waals surface area contributed by atoms with Gasteiger partial charge in [0.1, 0.15) is 46.2 Å². The molecule has 0 heterocycles. The van der Waals surface area contributed by atoms with Gasteiger partial charge in [-0.15, -0.1) is 0 Å². The number of alkyl halides is 2. The number of ether oxygens (including phenoxy) is 1. The number of benzene rings is 2. The second kappa shape index (κ2) is 10.3. The molecule has 0 N–H and O–H groups in total. The van der Waals surface area contributed by atoms with Crippen LogP contribution >= 0.6 is 0 Å². The number of nitriles is 1. The molecule has 0 amide bonds. The Hall–Kier alpha value is -2.95. The van der Waals surface area contributed by atoms with Crippen molar-refractivity contribution >= 4 is 0 Å². The van der Waals surface area contributed by atoms with E-state index in [1.54, 1.807) is 0 Å². The summed E-state index contributed by atoms with van der Waals surface area (Å²) < 4.78 is 90.0. The normalized spacial score (nSPS) is 19.0. The number of allylic oxidation sites excluding steroid dienone is 2. The van der Waals surface area contributed by atoms with Gasteiger partial charge in [0.25, 0.3) is 0 Å². The van der Waals surface area contributed by atoms with Crippen molar-refractivity contribution < 1.29 is 31.1 Å². The quantitative estimate of drug-likeness (QED) is 0.307. The largest absolute Gasteiger partial charge is 0.432 e. The zero-order valence-electron chi connectivity index (χ0n) is 18.0. The Morgan fingerprint density at radius 3 is 2.06 bits per heavy atom. The molecule has 0 spiro atoms. The van der Waals surface area contributed by atoms with Gasteiger partial charge in [-0.25, -0.2) is 17.6 Å². The minimum absolute atomic E-state index is 0.141. The second-order valence-electron chi connectivity index (χ2n) is 8.22. The Bertz CT molecular complexity index is 1020. The Morgan fingerprint density at radius 2 is 1.55 bits per heavy atom. The zero-order chi connectivity index (χ0) is 24.2. The highest BCUT2D eigenvalue weighted by molar-refractivity contribution is 5.39. The molecule has 0 radical (unpaired) electrons. The summed E-state index contributed by atoms with van der Waals surface area (Å²) in [6.07, 6.45) is 4.76. The predicted octanol–water partition coefficient (Wildman–Crippen LogP) is 7.87. The third-order valence-electron chi connectivity index (χ3n) is 6.02. The van der Waals surface area contributed by atoms with Crippen molar-refractivity contribution in [3.05, 3.63) is 76.4 Å². The van der Waals surface area contributed by atoms with Gasteiger partial charge < -0.3 is 4.74 Å². The molecule has 1 fully saturated rings.